The fourth-order valence-electron chi connectivity index (χ4n) is 2.20. The molecule has 7 heteroatoms. The van der Waals surface area contributed by atoms with Gasteiger partial charge in [-0.3, -0.25) is 10.1 Å². The molecular weight excluding hydrogens is 338 g/mol. The molecule has 0 saturated carbocycles. The molecule has 0 radical (unpaired) electrons. The number of aromatic nitrogens is 2. The van der Waals surface area contributed by atoms with Crippen LogP contribution in [0.25, 0.3) is 22.6 Å². The van der Waals surface area contributed by atoms with Crippen LogP contribution in [0.1, 0.15) is 5.56 Å². The number of halogens is 1. The van der Waals surface area contributed by atoms with Gasteiger partial charge in [-0.1, -0.05) is 0 Å². The van der Waals surface area contributed by atoms with E-state index < -0.39 is 4.92 Å². The van der Waals surface area contributed by atoms with Crippen molar-refractivity contribution >= 4 is 32.7 Å². The minimum Gasteiger partial charge on any atom is -0.436 e. The summed E-state index contributed by atoms with van der Waals surface area (Å²) in [5.41, 5.74) is 2.56. The summed E-state index contributed by atoms with van der Waals surface area (Å²) < 4.78 is 8.54. The molecule has 0 aliphatic heterocycles. The average Bonchev–Trinajstić information content (AvgIpc) is 2.82. The zero-order chi connectivity index (χ0) is 15.1. The Bertz CT molecular complexity index is 853. The summed E-state index contributed by atoms with van der Waals surface area (Å²) in [7, 11) is 1.90. The minimum atomic E-state index is -0.431. The lowest BCUT2D eigenvalue weighted by atomic mass is 10.2. The number of aryl methyl sites for hydroxylation is 2. The number of oxazole rings is 1. The predicted octanol–water partition coefficient (Wildman–Crippen LogP) is 3.30. The number of pyridine rings is 1. The lowest BCUT2D eigenvalue weighted by Crippen LogP contribution is -2.26. The monoisotopic (exact) mass is 348 g/mol. The van der Waals surface area contributed by atoms with Crippen molar-refractivity contribution in [1.29, 1.82) is 0 Å². The van der Waals surface area contributed by atoms with Crippen LogP contribution in [0.5, 0.6) is 0 Å². The molecule has 0 bridgehead atoms. The summed E-state index contributed by atoms with van der Waals surface area (Å²) in [6.45, 7) is 1.77. The van der Waals surface area contributed by atoms with Crippen LogP contribution >= 0.6 is 15.9 Å². The summed E-state index contributed by atoms with van der Waals surface area (Å²) in [5.74, 6) is 0.436. The van der Waals surface area contributed by atoms with E-state index >= 15 is 0 Å². The fourth-order valence-corrected chi connectivity index (χ4v) is 2.77. The van der Waals surface area contributed by atoms with E-state index in [4.69, 9.17) is 4.42 Å². The molecule has 0 saturated heterocycles. The lowest BCUT2D eigenvalue weighted by molar-refractivity contribution is -0.671. The van der Waals surface area contributed by atoms with Gasteiger partial charge in [-0.05, 0) is 28.9 Å². The second-order valence-corrected chi connectivity index (χ2v) is 5.71. The van der Waals surface area contributed by atoms with Crippen molar-refractivity contribution in [2.24, 2.45) is 7.05 Å². The highest BCUT2D eigenvalue weighted by Gasteiger charge is 2.17. The van der Waals surface area contributed by atoms with Crippen LogP contribution < -0.4 is 4.57 Å². The van der Waals surface area contributed by atoms with Gasteiger partial charge in [-0.15, -0.1) is 0 Å². The maximum Gasteiger partial charge on any atom is 0.272 e. The third-order valence-electron chi connectivity index (χ3n) is 3.08. The number of hydrogen-bond donors (Lipinski definition) is 0. The zero-order valence-corrected chi connectivity index (χ0v) is 12.9. The Kier molecular flexibility index (Phi) is 3.21. The van der Waals surface area contributed by atoms with Gasteiger partial charge in [-0.2, -0.15) is 0 Å². The Hall–Kier alpha value is -2.28. The van der Waals surface area contributed by atoms with Crippen molar-refractivity contribution in [3.05, 3.63) is 50.7 Å². The van der Waals surface area contributed by atoms with Gasteiger partial charge in [0.25, 0.3) is 5.69 Å². The Morgan fingerprint density at radius 1 is 1.33 bits per heavy atom. The van der Waals surface area contributed by atoms with E-state index in [1.807, 2.05) is 30.1 Å². The molecule has 2 aromatic heterocycles. The van der Waals surface area contributed by atoms with E-state index in [1.165, 1.54) is 12.1 Å². The summed E-state index contributed by atoms with van der Waals surface area (Å²) in [4.78, 5) is 14.8. The number of benzene rings is 1. The highest BCUT2D eigenvalue weighted by molar-refractivity contribution is 9.10. The Balaban J connectivity index is 2.21. The maximum atomic E-state index is 10.9. The summed E-state index contributed by atoms with van der Waals surface area (Å²) in [5, 5.41) is 10.9. The van der Waals surface area contributed by atoms with Crippen LogP contribution in [0.4, 0.5) is 5.69 Å². The van der Waals surface area contributed by atoms with Crippen LogP contribution in [-0.4, -0.2) is 9.91 Å². The van der Waals surface area contributed by atoms with Crippen LogP contribution in [-0.2, 0) is 7.05 Å². The largest absolute Gasteiger partial charge is 0.436 e. The standard InChI is InChI=1S/C14H11BrN3O3/c1-8-3-11(18(19)20)5-12-13(8)21-14(16-12)9-4-10(15)7-17(2)6-9/h3-7H,1-2H3/q+1. The van der Waals surface area contributed by atoms with Gasteiger partial charge in [0.15, 0.2) is 18.0 Å². The molecule has 0 amide bonds. The molecule has 2 heterocycles. The molecule has 21 heavy (non-hydrogen) atoms. The van der Waals surface area contributed by atoms with E-state index in [1.54, 1.807) is 6.92 Å². The molecule has 6 nitrogen and oxygen atoms in total. The molecule has 106 valence electrons. The van der Waals surface area contributed by atoms with E-state index in [9.17, 15) is 10.1 Å². The average molecular weight is 349 g/mol. The van der Waals surface area contributed by atoms with E-state index in [-0.39, 0.29) is 5.69 Å². The van der Waals surface area contributed by atoms with Gasteiger partial charge < -0.3 is 4.42 Å². The number of nitro benzene ring substituents is 1. The SMILES string of the molecule is Cc1cc([N+](=O)[O-])cc2nc(-c3cc(Br)c[n+](C)c3)oc12. The fraction of sp³-hybridized carbons (Fsp3) is 0.143. The molecule has 0 aliphatic carbocycles. The first-order valence-corrected chi connectivity index (χ1v) is 6.95. The van der Waals surface area contributed by atoms with Gasteiger partial charge in [0, 0.05) is 17.7 Å². The summed E-state index contributed by atoms with van der Waals surface area (Å²) in [6.07, 6.45) is 3.78. The smallest absolute Gasteiger partial charge is 0.272 e. The highest BCUT2D eigenvalue weighted by Crippen LogP contribution is 2.29. The first kappa shape index (κ1) is 13.7. The van der Waals surface area contributed by atoms with Gasteiger partial charge in [0.1, 0.15) is 18.1 Å². The predicted molar refractivity (Wildman–Crippen MR) is 79.7 cm³/mol. The van der Waals surface area contributed by atoms with E-state index in [2.05, 4.69) is 20.9 Å². The van der Waals surface area contributed by atoms with Crippen molar-refractivity contribution in [3.8, 4) is 11.5 Å². The van der Waals surface area contributed by atoms with Crippen LogP contribution in [0.2, 0.25) is 0 Å². The maximum absolute atomic E-state index is 10.9. The van der Waals surface area contributed by atoms with Crippen LogP contribution in [0.15, 0.2) is 39.5 Å². The minimum absolute atomic E-state index is 0.0136. The topological polar surface area (TPSA) is 73.1 Å². The molecule has 3 aromatic rings. The molecule has 0 unspecified atom stereocenters. The van der Waals surface area contributed by atoms with E-state index in [0.29, 0.717) is 22.6 Å². The Morgan fingerprint density at radius 3 is 2.76 bits per heavy atom. The van der Waals surface area contributed by atoms with Crippen molar-refractivity contribution in [2.45, 2.75) is 6.92 Å². The Labute approximate surface area is 128 Å². The van der Waals surface area contributed by atoms with Gasteiger partial charge >= 0.3 is 0 Å². The molecule has 3 rings (SSSR count). The lowest BCUT2D eigenvalue weighted by Gasteiger charge is -1.95. The highest BCUT2D eigenvalue weighted by atomic mass is 79.9. The molecule has 0 aliphatic rings. The molecule has 0 atom stereocenters. The number of non-ortho nitro benzene ring substituents is 1. The quantitative estimate of drug-likeness (QED) is 0.404. The first-order valence-electron chi connectivity index (χ1n) is 6.16. The number of nitro groups is 1. The normalized spacial score (nSPS) is 11.0. The molecule has 0 N–H and O–H groups in total. The number of fused-ring (bicyclic) bond motifs is 1. The number of rotatable bonds is 2. The number of hydrogen-bond acceptors (Lipinski definition) is 4. The molecule has 1 aromatic carbocycles. The van der Waals surface area contributed by atoms with Crippen molar-refractivity contribution in [2.75, 3.05) is 0 Å². The van der Waals surface area contributed by atoms with Crippen LogP contribution in [0, 0.1) is 17.0 Å². The second kappa shape index (κ2) is 4.92. The molecule has 0 fully saturated rings. The van der Waals surface area contributed by atoms with Crippen molar-refractivity contribution < 1.29 is 13.9 Å². The van der Waals surface area contributed by atoms with E-state index in [0.717, 1.165) is 10.0 Å². The third kappa shape index (κ3) is 2.52. The van der Waals surface area contributed by atoms with Crippen LogP contribution in [0.3, 0.4) is 0 Å². The third-order valence-corrected chi connectivity index (χ3v) is 3.52. The Morgan fingerprint density at radius 2 is 2.10 bits per heavy atom. The van der Waals surface area contributed by atoms with Crippen molar-refractivity contribution in [1.82, 2.24) is 4.98 Å². The first-order chi connectivity index (χ1) is 9.94. The van der Waals surface area contributed by atoms with Gasteiger partial charge in [0.2, 0.25) is 5.89 Å². The molecule has 0 spiro atoms. The van der Waals surface area contributed by atoms with Gasteiger partial charge in [-0.25, -0.2) is 9.55 Å². The molecular formula is C14H11BrN3O3+. The van der Waals surface area contributed by atoms with Crippen molar-refractivity contribution in [3.63, 3.8) is 0 Å². The summed E-state index contributed by atoms with van der Waals surface area (Å²) in [6, 6.07) is 4.79. The number of nitrogens with zero attached hydrogens (tertiary/aromatic N) is 3. The van der Waals surface area contributed by atoms with Gasteiger partial charge in [0.05, 0.1) is 9.40 Å². The zero-order valence-electron chi connectivity index (χ0n) is 11.3. The second-order valence-electron chi connectivity index (χ2n) is 4.80. The summed E-state index contributed by atoms with van der Waals surface area (Å²) >= 11 is 3.42.